The van der Waals surface area contributed by atoms with Crippen molar-refractivity contribution >= 4 is 29.9 Å². The molecule has 2 rings (SSSR count). The largest absolute Gasteiger partial charge is 0.382 e. The molecule has 0 amide bonds. The number of guanidine groups is 1. The smallest absolute Gasteiger partial charge is 0.193 e. The first kappa shape index (κ1) is 18.0. The summed E-state index contributed by atoms with van der Waals surface area (Å²) in [6.07, 6.45) is 3.94. The van der Waals surface area contributed by atoms with E-state index in [-0.39, 0.29) is 24.0 Å². The number of nitrogens with one attached hydrogen (secondary N) is 1. The Morgan fingerprint density at radius 1 is 1.25 bits per heavy atom. The fourth-order valence-corrected chi connectivity index (χ4v) is 2.44. The minimum Gasteiger partial charge on any atom is -0.382 e. The van der Waals surface area contributed by atoms with Gasteiger partial charge in [0.05, 0.1) is 19.8 Å². The molecule has 1 heterocycles. The summed E-state index contributed by atoms with van der Waals surface area (Å²) in [5, 5.41) is 3.49. The van der Waals surface area contributed by atoms with Gasteiger partial charge in [-0.25, -0.2) is 0 Å². The van der Waals surface area contributed by atoms with Crippen LogP contribution in [0, 0.1) is 11.8 Å². The van der Waals surface area contributed by atoms with Gasteiger partial charge in [-0.2, -0.15) is 0 Å². The highest BCUT2D eigenvalue weighted by molar-refractivity contribution is 14.0. The summed E-state index contributed by atoms with van der Waals surface area (Å²) in [5.74, 6) is 2.56. The average molecular weight is 397 g/mol. The highest BCUT2D eigenvalue weighted by atomic mass is 127. The molecule has 1 saturated carbocycles. The van der Waals surface area contributed by atoms with E-state index in [9.17, 15) is 0 Å². The predicted molar refractivity (Wildman–Crippen MR) is 91.9 cm³/mol. The van der Waals surface area contributed by atoms with Crippen LogP contribution in [-0.4, -0.2) is 64.5 Å². The second-order valence-corrected chi connectivity index (χ2v) is 5.54. The Balaban J connectivity index is 0.00000200. The van der Waals surface area contributed by atoms with Gasteiger partial charge < -0.3 is 19.7 Å². The van der Waals surface area contributed by atoms with Crippen molar-refractivity contribution in [2.24, 2.45) is 16.8 Å². The molecular formula is C14H28IN3O2. The Morgan fingerprint density at radius 2 is 2.05 bits per heavy atom. The van der Waals surface area contributed by atoms with Crippen LogP contribution >= 0.6 is 24.0 Å². The summed E-state index contributed by atoms with van der Waals surface area (Å²) >= 11 is 0. The van der Waals surface area contributed by atoms with E-state index in [2.05, 4.69) is 15.2 Å². The summed E-state index contributed by atoms with van der Waals surface area (Å²) < 4.78 is 10.6. The first-order chi connectivity index (χ1) is 9.33. The molecule has 1 saturated heterocycles. The van der Waals surface area contributed by atoms with Crippen molar-refractivity contribution in [2.75, 3.05) is 53.6 Å². The van der Waals surface area contributed by atoms with Crippen LogP contribution in [0.15, 0.2) is 4.99 Å². The fourth-order valence-electron chi connectivity index (χ4n) is 2.44. The van der Waals surface area contributed by atoms with E-state index >= 15 is 0 Å². The van der Waals surface area contributed by atoms with Gasteiger partial charge >= 0.3 is 0 Å². The summed E-state index contributed by atoms with van der Waals surface area (Å²) in [4.78, 5) is 6.74. The highest BCUT2D eigenvalue weighted by Crippen LogP contribution is 2.27. The van der Waals surface area contributed by atoms with Crippen LogP contribution in [0.25, 0.3) is 0 Å². The first-order valence-corrected chi connectivity index (χ1v) is 7.35. The van der Waals surface area contributed by atoms with Gasteiger partial charge in [-0.15, -0.1) is 24.0 Å². The van der Waals surface area contributed by atoms with Crippen LogP contribution in [0.1, 0.15) is 19.3 Å². The van der Waals surface area contributed by atoms with Crippen LogP contribution in [-0.2, 0) is 9.47 Å². The van der Waals surface area contributed by atoms with E-state index in [4.69, 9.17) is 9.47 Å². The third kappa shape index (κ3) is 6.13. The lowest BCUT2D eigenvalue weighted by Crippen LogP contribution is -2.41. The molecule has 1 N–H and O–H groups in total. The molecule has 1 unspecified atom stereocenters. The maximum atomic E-state index is 5.62. The van der Waals surface area contributed by atoms with Crippen molar-refractivity contribution < 1.29 is 9.47 Å². The summed E-state index contributed by atoms with van der Waals surface area (Å²) in [6, 6.07) is 0. The topological polar surface area (TPSA) is 46.1 Å². The molecule has 0 aromatic rings. The number of likely N-dealkylation sites (tertiary alicyclic amines) is 1. The molecule has 0 aromatic carbocycles. The standard InChI is InChI=1S/C14H27N3O2.HI/c1-15-14(16-9-12-3-4-12)17-6-5-13(10-17)11-19-8-7-18-2;/h12-13H,3-11H2,1-2H3,(H,15,16);1H. The van der Waals surface area contributed by atoms with Gasteiger partial charge in [-0.3, -0.25) is 4.99 Å². The van der Waals surface area contributed by atoms with Gasteiger partial charge in [0.15, 0.2) is 5.96 Å². The number of nitrogens with zero attached hydrogens (tertiary/aromatic N) is 2. The third-order valence-electron chi connectivity index (χ3n) is 3.83. The molecule has 118 valence electrons. The number of ether oxygens (including phenoxy) is 2. The van der Waals surface area contributed by atoms with E-state index in [1.54, 1.807) is 7.11 Å². The van der Waals surface area contributed by atoms with Gasteiger partial charge in [0.25, 0.3) is 0 Å². The molecule has 6 heteroatoms. The van der Waals surface area contributed by atoms with Crippen LogP contribution in [0.4, 0.5) is 0 Å². The highest BCUT2D eigenvalue weighted by Gasteiger charge is 2.26. The van der Waals surface area contributed by atoms with E-state index in [1.165, 1.54) is 19.3 Å². The Bertz CT molecular complexity index is 298. The molecule has 2 fully saturated rings. The molecule has 0 spiro atoms. The zero-order chi connectivity index (χ0) is 13.5. The van der Waals surface area contributed by atoms with Crippen LogP contribution < -0.4 is 5.32 Å². The van der Waals surface area contributed by atoms with Crippen LogP contribution in [0.5, 0.6) is 0 Å². The van der Waals surface area contributed by atoms with E-state index in [0.29, 0.717) is 19.1 Å². The zero-order valence-corrected chi connectivity index (χ0v) is 15.0. The molecule has 1 atom stereocenters. The number of methoxy groups -OCH3 is 1. The number of rotatable bonds is 7. The van der Waals surface area contributed by atoms with Gasteiger partial charge in [0, 0.05) is 39.7 Å². The third-order valence-corrected chi connectivity index (χ3v) is 3.83. The molecule has 20 heavy (non-hydrogen) atoms. The van der Waals surface area contributed by atoms with Crippen molar-refractivity contribution in [3.05, 3.63) is 0 Å². The monoisotopic (exact) mass is 397 g/mol. The van der Waals surface area contributed by atoms with Gasteiger partial charge in [0.2, 0.25) is 0 Å². The minimum atomic E-state index is 0. The molecule has 2 aliphatic rings. The van der Waals surface area contributed by atoms with Gasteiger partial charge in [0.1, 0.15) is 0 Å². The minimum absolute atomic E-state index is 0. The fraction of sp³-hybridized carbons (Fsp3) is 0.929. The summed E-state index contributed by atoms with van der Waals surface area (Å²) in [6.45, 7) is 5.43. The van der Waals surface area contributed by atoms with Crippen molar-refractivity contribution in [3.63, 3.8) is 0 Å². The van der Waals surface area contributed by atoms with Crippen LogP contribution in [0.3, 0.4) is 0 Å². The predicted octanol–water partition coefficient (Wildman–Crippen LogP) is 1.57. The SMILES string of the molecule is CN=C(NCC1CC1)N1CCC(COCCOC)C1.I. The number of hydrogen-bond donors (Lipinski definition) is 1. The van der Waals surface area contributed by atoms with Gasteiger partial charge in [-0.1, -0.05) is 0 Å². The normalized spacial score (nSPS) is 22.8. The first-order valence-electron chi connectivity index (χ1n) is 7.35. The van der Waals surface area contributed by atoms with E-state index < -0.39 is 0 Å². The quantitative estimate of drug-likeness (QED) is 0.307. The second kappa shape index (κ2) is 9.78. The Labute approximate surface area is 139 Å². The second-order valence-electron chi connectivity index (χ2n) is 5.54. The van der Waals surface area contributed by atoms with Crippen molar-refractivity contribution in [3.8, 4) is 0 Å². The van der Waals surface area contributed by atoms with Crippen molar-refractivity contribution in [2.45, 2.75) is 19.3 Å². The summed E-state index contributed by atoms with van der Waals surface area (Å²) in [7, 11) is 3.58. The number of aliphatic imine (C=N–C) groups is 1. The van der Waals surface area contributed by atoms with E-state index in [0.717, 1.165) is 38.1 Å². The molecule has 1 aliphatic carbocycles. The lowest BCUT2D eigenvalue weighted by Gasteiger charge is -2.21. The molecule has 1 aliphatic heterocycles. The molecule has 0 bridgehead atoms. The Hall–Kier alpha value is -0.0800. The van der Waals surface area contributed by atoms with E-state index in [1.807, 2.05) is 7.05 Å². The maximum Gasteiger partial charge on any atom is 0.193 e. The molecule has 0 aromatic heterocycles. The number of halogens is 1. The van der Waals surface area contributed by atoms with Crippen molar-refractivity contribution in [1.82, 2.24) is 10.2 Å². The molecule has 0 radical (unpaired) electrons. The van der Waals surface area contributed by atoms with Crippen LogP contribution in [0.2, 0.25) is 0 Å². The average Bonchev–Trinajstić information content (AvgIpc) is 3.14. The van der Waals surface area contributed by atoms with Crippen molar-refractivity contribution in [1.29, 1.82) is 0 Å². The molecule has 5 nitrogen and oxygen atoms in total. The Morgan fingerprint density at radius 3 is 2.70 bits per heavy atom. The molecular weight excluding hydrogens is 369 g/mol. The lowest BCUT2D eigenvalue weighted by molar-refractivity contribution is 0.0536. The lowest BCUT2D eigenvalue weighted by atomic mass is 10.1. The maximum absolute atomic E-state index is 5.62. The van der Waals surface area contributed by atoms with Gasteiger partial charge in [-0.05, 0) is 25.2 Å². The Kier molecular flexibility index (Phi) is 8.79. The summed E-state index contributed by atoms with van der Waals surface area (Å²) in [5.41, 5.74) is 0. The zero-order valence-electron chi connectivity index (χ0n) is 12.6. The number of hydrogen-bond acceptors (Lipinski definition) is 3.